The summed E-state index contributed by atoms with van der Waals surface area (Å²) in [6, 6.07) is 14.4. The van der Waals surface area contributed by atoms with Crippen LogP contribution < -0.4 is 14.2 Å². The monoisotopic (exact) mass is 466 g/mol. The molecular weight excluding hydrogens is 443 g/mol. The largest absolute Gasteiger partial charge is 0.493 e. The van der Waals surface area contributed by atoms with Crippen LogP contribution in [-0.4, -0.2) is 43.1 Å². The average Bonchev–Trinajstić information content (AvgIpc) is 2.86. The number of ether oxygens (including phenoxy) is 3. The zero-order valence-electron chi connectivity index (χ0n) is 18.7. The summed E-state index contributed by atoms with van der Waals surface area (Å²) in [6.07, 6.45) is 0.585. The highest BCUT2D eigenvalue weighted by Crippen LogP contribution is 2.39. The van der Waals surface area contributed by atoms with Crippen molar-refractivity contribution in [1.82, 2.24) is 4.90 Å². The molecule has 0 saturated heterocycles. The van der Waals surface area contributed by atoms with Crippen molar-refractivity contribution < 1.29 is 28.3 Å². The summed E-state index contributed by atoms with van der Waals surface area (Å²) in [5.74, 6) is 0.939. The number of hydrogen-bond donors (Lipinski definition) is 0. The van der Waals surface area contributed by atoms with Gasteiger partial charge in [-0.1, -0.05) is 0 Å². The lowest BCUT2D eigenvalue weighted by Crippen LogP contribution is -2.42. The molecule has 1 unspecified atom stereocenters. The zero-order chi connectivity index (χ0) is 24.2. The van der Waals surface area contributed by atoms with Crippen molar-refractivity contribution in [3.63, 3.8) is 0 Å². The van der Waals surface area contributed by atoms with Crippen molar-refractivity contribution in [2.75, 3.05) is 27.4 Å². The standard InChI is InChI=1S/C25H23FN2O6/c1-32-23-13-17-11-12-27(25(29)16-3-7-19(8-4-16)28(30)31)22(21(17)14-24(23)33-2)15-34-20-9-5-18(26)6-10-20/h3-10,13-14,22H,11-12,15H2,1-2H3. The molecular formula is C25H23FN2O6. The highest BCUT2D eigenvalue weighted by Gasteiger charge is 2.33. The molecule has 3 aromatic rings. The molecule has 0 aliphatic carbocycles. The quantitative estimate of drug-likeness (QED) is 0.374. The Balaban J connectivity index is 1.68. The number of halogens is 1. The van der Waals surface area contributed by atoms with Crippen LogP contribution >= 0.6 is 0 Å². The molecule has 9 heteroatoms. The van der Waals surface area contributed by atoms with Crippen molar-refractivity contribution in [3.8, 4) is 17.2 Å². The van der Waals surface area contributed by atoms with Gasteiger partial charge in [-0.3, -0.25) is 14.9 Å². The molecule has 1 atom stereocenters. The van der Waals surface area contributed by atoms with E-state index < -0.39 is 11.0 Å². The lowest BCUT2D eigenvalue weighted by molar-refractivity contribution is -0.384. The first-order chi connectivity index (χ1) is 16.4. The van der Waals surface area contributed by atoms with E-state index in [1.807, 2.05) is 12.1 Å². The molecule has 0 saturated carbocycles. The summed E-state index contributed by atoms with van der Waals surface area (Å²) >= 11 is 0. The van der Waals surface area contributed by atoms with E-state index in [9.17, 15) is 19.3 Å². The molecule has 0 fully saturated rings. The Morgan fingerprint density at radius 1 is 1.06 bits per heavy atom. The minimum Gasteiger partial charge on any atom is -0.493 e. The maximum atomic E-state index is 13.4. The number of nitro groups is 1. The van der Waals surface area contributed by atoms with Crippen LogP contribution in [0.4, 0.5) is 10.1 Å². The number of fused-ring (bicyclic) bond motifs is 1. The number of benzene rings is 3. The first-order valence-corrected chi connectivity index (χ1v) is 10.6. The maximum absolute atomic E-state index is 13.4. The number of nitrogens with zero attached hydrogens (tertiary/aromatic N) is 2. The van der Waals surface area contributed by atoms with Crippen LogP contribution in [0.5, 0.6) is 17.2 Å². The van der Waals surface area contributed by atoms with Crippen LogP contribution in [-0.2, 0) is 6.42 Å². The molecule has 8 nitrogen and oxygen atoms in total. The van der Waals surface area contributed by atoms with E-state index >= 15 is 0 Å². The molecule has 0 aromatic heterocycles. The van der Waals surface area contributed by atoms with Gasteiger partial charge in [0.2, 0.25) is 0 Å². The second kappa shape index (κ2) is 9.78. The van der Waals surface area contributed by atoms with Gasteiger partial charge in [0.25, 0.3) is 11.6 Å². The number of hydrogen-bond acceptors (Lipinski definition) is 6. The topological polar surface area (TPSA) is 91.1 Å². The lowest BCUT2D eigenvalue weighted by Gasteiger charge is -2.37. The predicted octanol–water partition coefficient (Wildman–Crippen LogP) is 4.57. The number of carbonyl (C=O) groups is 1. The van der Waals surface area contributed by atoms with Crippen molar-refractivity contribution in [2.24, 2.45) is 0 Å². The average molecular weight is 466 g/mol. The van der Waals surface area contributed by atoms with E-state index in [0.717, 1.165) is 11.1 Å². The number of amides is 1. The van der Waals surface area contributed by atoms with Crippen LogP contribution in [0.15, 0.2) is 60.7 Å². The Morgan fingerprint density at radius 2 is 1.71 bits per heavy atom. The summed E-state index contributed by atoms with van der Waals surface area (Å²) < 4.78 is 30.1. The van der Waals surface area contributed by atoms with Gasteiger partial charge in [0.05, 0.1) is 25.2 Å². The first-order valence-electron chi connectivity index (χ1n) is 10.6. The Morgan fingerprint density at radius 3 is 2.32 bits per heavy atom. The van der Waals surface area contributed by atoms with Crippen LogP contribution in [0.2, 0.25) is 0 Å². The van der Waals surface area contributed by atoms with Gasteiger partial charge in [0.1, 0.15) is 18.2 Å². The SMILES string of the molecule is COc1cc2c(cc1OC)C(COc1ccc(F)cc1)N(C(=O)c1ccc([N+](=O)[O-])cc1)CC2. The van der Waals surface area contributed by atoms with Gasteiger partial charge in [0, 0.05) is 24.2 Å². The molecule has 34 heavy (non-hydrogen) atoms. The lowest BCUT2D eigenvalue weighted by atomic mass is 9.91. The van der Waals surface area contributed by atoms with Crippen LogP contribution in [0, 0.1) is 15.9 Å². The summed E-state index contributed by atoms with van der Waals surface area (Å²) in [4.78, 5) is 25.6. The van der Waals surface area contributed by atoms with Gasteiger partial charge >= 0.3 is 0 Å². The summed E-state index contributed by atoms with van der Waals surface area (Å²) in [6.45, 7) is 0.530. The molecule has 0 spiro atoms. The number of nitro benzene ring substituents is 1. The highest BCUT2D eigenvalue weighted by molar-refractivity contribution is 5.95. The molecule has 1 heterocycles. The molecule has 176 valence electrons. The van der Waals surface area contributed by atoms with Crippen LogP contribution in [0.25, 0.3) is 0 Å². The third-order valence-electron chi connectivity index (χ3n) is 5.81. The fourth-order valence-electron chi connectivity index (χ4n) is 4.05. The van der Waals surface area contributed by atoms with Crippen molar-refractivity contribution in [1.29, 1.82) is 0 Å². The van der Waals surface area contributed by atoms with E-state index in [1.54, 1.807) is 12.0 Å². The molecule has 1 aliphatic heterocycles. The Labute approximate surface area is 195 Å². The number of non-ortho nitro benzene ring substituents is 1. The van der Waals surface area contributed by atoms with Gasteiger partial charge in [-0.25, -0.2) is 4.39 Å². The highest BCUT2D eigenvalue weighted by atomic mass is 19.1. The normalized spacial score (nSPS) is 14.8. The van der Waals surface area contributed by atoms with E-state index in [0.29, 0.717) is 35.8 Å². The van der Waals surface area contributed by atoms with Gasteiger partial charge in [-0.2, -0.15) is 0 Å². The molecule has 1 aliphatic rings. The second-order valence-electron chi connectivity index (χ2n) is 7.74. The third kappa shape index (κ3) is 4.63. The minimum atomic E-state index is -0.510. The van der Waals surface area contributed by atoms with E-state index in [4.69, 9.17) is 14.2 Å². The predicted molar refractivity (Wildman–Crippen MR) is 122 cm³/mol. The number of carbonyl (C=O) groups excluding carboxylic acids is 1. The summed E-state index contributed by atoms with van der Waals surface area (Å²) in [5, 5.41) is 11.0. The summed E-state index contributed by atoms with van der Waals surface area (Å²) in [5.41, 5.74) is 2.09. The zero-order valence-corrected chi connectivity index (χ0v) is 18.7. The Bertz CT molecular complexity index is 1200. The number of methoxy groups -OCH3 is 2. The minimum absolute atomic E-state index is 0.0893. The Hall–Kier alpha value is -4.14. The Kier molecular flexibility index (Phi) is 6.62. The van der Waals surface area contributed by atoms with E-state index in [-0.39, 0.29) is 24.0 Å². The molecule has 0 N–H and O–H groups in total. The first kappa shape index (κ1) is 23.0. The number of rotatable bonds is 7. The molecule has 4 rings (SSSR count). The van der Waals surface area contributed by atoms with Crippen molar-refractivity contribution >= 4 is 11.6 Å². The summed E-state index contributed by atoms with van der Waals surface area (Å²) in [7, 11) is 3.10. The molecule has 1 amide bonds. The van der Waals surface area contributed by atoms with Gasteiger partial charge in [-0.15, -0.1) is 0 Å². The fraction of sp³-hybridized carbons (Fsp3) is 0.240. The van der Waals surface area contributed by atoms with Gasteiger partial charge in [-0.05, 0) is 66.1 Å². The smallest absolute Gasteiger partial charge is 0.269 e. The second-order valence-corrected chi connectivity index (χ2v) is 7.74. The third-order valence-corrected chi connectivity index (χ3v) is 5.81. The fourth-order valence-corrected chi connectivity index (χ4v) is 4.05. The van der Waals surface area contributed by atoms with E-state index in [2.05, 4.69) is 0 Å². The van der Waals surface area contributed by atoms with Gasteiger partial charge in [0.15, 0.2) is 11.5 Å². The van der Waals surface area contributed by atoms with Crippen molar-refractivity contribution in [2.45, 2.75) is 12.5 Å². The van der Waals surface area contributed by atoms with Crippen LogP contribution in [0.1, 0.15) is 27.5 Å². The van der Waals surface area contributed by atoms with Crippen molar-refractivity contribution in [3.05, 3.63) is 93.3 Å². The molecule has 3 aromatic carbocycles. The van der Waals surface area contributed by atoms with Gasteiger partial charge < -0.3 is 19.1 Å². The van der Waals surface area contributed by atoms with Crippen LogP contribution in [0.3, 0.4) is 0 Å². The maximum Gasteiger partial charge on any atom is 0.269 e. The molecule has 0 bridgehead atoms. The molecule has 0 radical (unpaired) electrons. The van der Waals surface area contributed by atoms with E-state index in [1.165, 1.54) is 55.6 Å².